The maximum absolute atomic E-state index is 10.7. The number of hydrogen-bond acceptors (Lipinski definition) is 4. The maximum Gasteiger partial charge on any atom is 0.351 e. The van der Waals surface area contributed by atoms with E-state index in [9.17, 15) is 9.59 Å². The average molecular weight is 327 g/mol. The van der Waals surface area contributed by atoms with Crippen LogP contribution in [0.15, 0.2) is 23.9 Å². The molecule has 132 valence electrons. The molecule has 0 radical (unpaired) electrons. The van der Waals surface area contributed by atoms with E-state index in [1.165, 1.54) is 0 Å². The lowest BCUT2D eigenvalue weighted by Gasteiger charge is -2.20. The highest BCUT2D eigenvalue weighted by Crippen LogP contribution is 2.18. The maximum atomic E-state index is 10.7. The molecule has 0 aromatic carbocycles. The van der Waals surface area contributed by atoms with E-state index in [2.05, 4.69) is 6.58 Å². The Morgan fingerprint density at radius 3 is 2.17 bits per heavy atom. The second-order valence-electron chi connectivity index (χ2n) is 5.22. The fraction of sp³-hybridized carbons (Fsp3) is 0.647. The standard InChI is InChI=1S/C9H17NO2.C8H12O3/c1-4-7-8(9(11)12)10(5-2)6-3;1-6(8(9)10)5-7-3-2-4-11-7/h7H,4-6H2,1-3H3,(H,11,12);7H,1-5H2,(H,9,10)/b8-7+;. The third kappa shape index (κ3) is 8.40. The number of rotatable bonds is 8. The van der Waals surface area contributed by atoms with Crippen LogP contribution >= 0.6 is 0 Å². The molecule has 0 amide bonds. The highest BCUT2D eigenvalue weighted by Gasteiger charge is 2.18. The first kappa shape index (κ1) is 21.2. The van der Waals surface area contributed by atoms with Crippen molar-refractivity contribution in [1.82, 2.24) is 4.90 Å². The van der Waals surface area contributed by atoms with Crippen molar-refractivity contribution < 1.29 is 24.5 Å². The summed E-state index contributed by atoms with van der Waals surface area (Å²) in [7, 11) is 0. The van der Waals surface area contributed by atoms with Crippen molar-refractivity contribution in [3.8, 4) is 0 Å². The molecule has 6 nitrogen and oxygen atoms in total. The number of hydrogen-bond donors (Lipinski definition) is 2. The van der Waals surface area contributed by atoms with Crippen LogP contribution in [0.2, 0.25) is 0 Å². The molecule has 1 unspecified atom stereocenters. The smallest absolute Gasteiger partial charge is 0.351 e. The molecule has 1 fully saturated rings. The zero-order valence-electron chi connectivity index (χ0n) is 14.4. The molecule has 0 aromatic rings. The van der Waals surface area contributed by atoms with Gasteiger partial charge < -0.3 is 19.8 Å². The van der Waals surface area contributed by atoms with Crippen molar-refractivity contribution in [2.75, 3.05) is 19.7 Å². The lowest BCUT2D eigenvalue weighted by molar-refractivity contribution is -0.134. The number of aliphatic carboxylic acids is 2. The molecule has 23 heavy (non-hydrogen) atoms. The Bertz CT molecular complexity index is 421. The molecular weight excluding hydrogens is 298 g/mol. The Balaban J connectivity index is 0.000000422. The Morgan fingerprint density at radius 1 is 1.22 bits per heavy atom. The SMILES string of the molecule is C=C(CC1CCCO1)C(=O)O.CC/C=C(\C(=O)O)N(CC)CC. The number of carbonyl (C=O) groups is 2. The van der Waals surface area contributed by atoms with Crippen LogP contribution in [0.5, 0.6) is 0 Å². The van der Waals surface area contributed by atoms with Gasteiger partial charge in [0.15, 0.2) is 0 Å². The van der Waals surface area contributed by atoms with Crippen LogP contribution < -0.4 is 0 Å². The molecule has 0 saturated carbocycles. The van der Waals surface area contributed by atoms with Gasteiger partial charge in [-0.1, -0.05) is 19.6 Å². The Labute approximate surface area is 138 Å². The lowest BCUT2D eigenvalue weighted by atomic mass is 10.1. The summed E-state index contributed by atoms with van der Waals surface area (Å²) in [5, 5.41) is 17.3. The third-order valence-corrected chi connectivity index (χ3v) is 3.52. The van der Waals surface area contributed by atoms with E-state index in [0.717, 1.165) is 39.0 Å². The summed E-state index contributed by atoms with van der Waals surface area (Å²) >= 11 is 0. The number of carboxylic acid groups (broad SMARTS) is 2. The molecule has 0 bridgehead atoms. The number of allylic oxidation sites excluding steroid dienone is 1. The van der Waals surface area contributed by atoms with E-state index >= 15 is 0 Å². The molecule has 2 N–H and O–H groups in total. The van der Waals surface area contributed by atoms with Crippen molar-refractivity contribution in [3.05, 3.63) is 23.9 Å². The van der Waals surface area contributed by atoms with Crippen LogP contribution in [0.3, 0.4) is 0 Å². The highest BCUT2D eigenvalue weighted by atomic mass is 16.5. The van der Waals surface area contributed by atoms with Gasteiger partial charge in [-0.3, -0.25) is 0 Å². The van der Waals surface area contributed by atoms with Crippen molar-refractivity contribution in [3.63, 3.8) is 0 Å². The second-order valence-corrected chi connectivity index (χ2v) is 5.22. The van der Waals surface area contributed by atoms with E-state index in [4.69, 9.17) is 14.9 Å². The van der Waals surface area contributed by atoms with Crippen LogP contribution in [0.25, 0.3) is 0 Å². The average Bonchev–Trinajstić information content (AvgIpc) is 3.00. The number of ether oxygens (including phenoxy) is 1. The minimum absolute atomic E-state index is 0.0959. The number of carboxylic acids is 2. The monoisotopic (exact) mass is 327 g/mol. The van der Waals surface area contributed by atoms with Gasteiger partial charge in [0.1, 0.15) is 5.70 Å². The predicted octanol–water partition coefficient (Wildman–Crippen LogP) is 2.90. The lowest BCUT2D eigenvalue weighted by Crippen LogP contribution is -2.27. The van der Waals surface area contributed by atoms with Crippen molar-refractivity contribution >= 4 is 11.9 Å². The van der Waals surface area contributed by atoms with E-state index in [-0.39, 0.29) is 11.7 Å². The van der Waals surface area contributed by atoms with Gasteiger partial charge in [-0.2, -0.15) is 0 Å². The van der Waals surface area contributed by atoms with Crippen LogP contribution in [0.4, 0.5) is 0 Å². The first-order valence-corrected chi connectivity index (χ1v) is 8.08. The van der Waals surface area contributed by atoms with E-state index in [0.29, 0.717) is 12.1 Å². The third-order valence-electron chi connectivity index (χ3n) is 3.52. The minimum atomic E-state index is -0.916. The number of likely N-dealkylation sites (N-methyl/N-ethyl adjacent to an activating group) is 1. The minimum Gasteiger partial charge on any atom is -0.478 e. The van der Waals surface area contributed by atoms with Gasteiger partial charge in [-0.25, -0.2) is 9.59 Å². The van der Waals surface area contributed by atoms with Gasteiger partial charge in [-0.05, 0) is 33.1 Å². The second kappa shape index (κ2) is 11.7. The van der Waals surface area contributed by atoms with E-state index in [1.807, 2.05) is 25.7 Å². The van der Waals surface area contributed by atoms with E-state index < -0.39 is 11.9 Å². The summed E-state index contributed by atoms with van der Waals surface area (Å²) in [6.07, 6.45) is 5.07. The van der Waals surface area contributed by atoms with Crippen LogP contribution in [0, 0.1) is 0 Å². The molecule has 1 rings (SSSR count). The van der Waals surface area contributed by atoms with Crippen LogP contribution in [0.1, 0.15) is 46.5 Å². The largest absolute Gasteiger partial charge is 0.478 e. The molecule has 0 aliphatic carbocycles. The Hall–Kier alpha value is -1.82. The molecule has 6 heteroatoms. The first-order chi connectivity index (χ1) is 10.9. The fourth-order valence-corrected chi connectivity index (χ4v) is 2.28. The zero-order chi connectivity index (χ0) is 17.8. The molecule has 1 atom stereocenters. The summed E-state index contributed by atoms with van der Waals surface area (Å²) in [6.45, 7) is 11.5. The van der Waals surface area contributed by atoms with E-state index in [1.54, 1.807) is 6.08 Å². The molecule has 1 saturated heterocycles. The molecule has 0 aromatic heterocycles. The van der Waals surface area contributed by atoms with Crippen molar-refractivity contribution in [2.45, 2.75) is 52.6 Å². The fourth-order valence-electron chi connectivity index (χ4n) is 2.28. The summed E-state index contributed by atoms with van der Waals surface area (Å²) in [5.74, 6) is -1.75. The van der Waals surface area contributed by atoms with Crippen molar-refractivity contribution in [2.24, 2.45) is 0 Å². The van der Waals surface area contributed by atoms with Gasteiger partial charge >= 0.3 is 11.9 Å². The first-order valence-electron chi connectivity index (χ1n) is 8.08. The van der Waals surface area contributed by atoms with Gasteiger partial charge in [0, 0.05) is 31.7 Å². The predicted molar refractivity (Wildman–Crippen MR) is 89.3 cm³/mol. The summed E-state index contributed by atoms with van der Waals surface area (Å²) < 4.78 is 5.25. The van der Waals surface area contributed by atoms with Crippen LogP contribution in [-0.2, 0) is 14.3 Å². The highest BCUT2D eigenvalue weighted by molar-refractivity contribution is 5.86. The molecule has 0 spiro atoms. The molecule has 1 heterocycles. The normalized spacial score (nSPS) is 17.2. The van der Waals surface area contributed by atoms with Crippen LogP contribution in [-0.4, -0.2) is 52.9 Å². The van der Waals surface area contributed by atoms with Gasteiger partial charge in [0.25, 0.3) is 0 Å². The molecular formula is C17H29NO5. The molecule has 1 aliphatic rings. The Morgan fingerprint density at radius 2 is 1.83 bits per heavy atom. The van der Waals surface area contributed by atoms with Gasteiger partial charge in [-0.15, -0.1) is 0 Å². The Kier molecular flexibility index (Phi) is 10.8. The summed E-state index contributed by atoms with van der Waals surface area (Å²) in [5.41, 5.74) is 0.666. The van der Waals surface area contributed by atoms with Gasteiger partial charge in [0.2, 0.25) is 0 Å². The molecule has 1 aliphatic heterocycles. The zero-order valence-corrected chi connectivity index (χ0v) is 14.4. The topological polar surface area (TPSA) is 87.1 Å². The summed E-state index contributed by atoms with van der Waals surface area (Å²) in [4.78, 5) is 22.9. The summed E-state index contributed by atoms with van der Waals surface area (Å²) in [6, 6.07) is 0. The van der Waals surface area contributed by atoms with Crippen molar-refractivity contribution in [1.29, 1.82) is 0 Å². The number of nitrogens with zero attached hydrogens (tertiary/aromatic N) is 1. The van der Waals surface area contributed by atoms with Gasteiger partial charge in [0.05, 0.1) is 6.10 Å². The quantitative estimate of drug-likeness (QED) is 0.667.